The van der Waals surface area contributed by atoms with E-state index in [1.807, 2.05) is 39.0 Å². The summed E-state index contributed by atoms with van der Waals surface area (Å²) in [6.07, 6.45) is 5.85. The lowest BCUT2D eigenvalue weighted by Crippen LogP contribution is -2.23. The Hall–Kier alpha value is -3.88. The van der Waals surface area contributed by atoms with Crippen molar-refractivity contribution >= 4 is 34.2 Å². The van der Waals surface area contributed by atoms with E-state index in [9.17, 15) is 14.4 Å². The topological polar surface area (TPSA) is 125 Å². The van der Waals surface area contributed by atoms with Crippen LogP contribution in [0.4, 0.5) is 0 Å². The van der Waals surface area contributed by atoms with E-state index < -0.39 is 5.91 Å². The molecule has 206 valence electrons. The second kappa shape index (κ2) is 12.3. The molecule has 0 fully saturated rings. The van der Waals surface area contributed by atoms with Crippen LogP contribution in [-0.2, 0) is 24.3 Å². The van der Waals surface area contributed by atoms with Gasteiger partial charge in [-0.25, -0.2) is 4.98 Å². The Bertz CT molecular complexity index is 1460. The van der Waals surface area contributed by atoms with Crippen LogP contribution >= 0.6 is 0 Å². The third kappa shape index (κ3) is 6.41. The molecule has 0 bridgehead atoms. The van der Waals surface area contributed by atoms with Gasteiger partial charge in [-0.15, -0.1) is 0 Å². The number of rotatable bonds is 13. The van der Waals surface area contributed by atoms with Gasteiger partial charge in [0.05, 0.1) is 23.1 Å². The number of aromatic nitrogens is 4. The average molecular weight is 531 g/mol. The van der Waals surface area contributed by atoms with Crippen molar-refractivity contribution < 1.29 is 14.4 Å². The predicted octanol–water partition coefficient (Wildman–Crippen LogP) is 4.64. The molecule has 0 aliphatic carbocycles. The highest BCUT2D eigenvalue weighted by Crippen LogP contribution is 2.25. The Kier molecular flexibility index (Phi) is 8.89. The molecule has 9 heteroatoms. The van der Waals surface area contributed by atoms with Crippen molar-refractivity contribution in [2.45, 2.75) is 79.3 Å². The summed E-state index contributed by atoms with van der Waals surface area (Å²) in [7, 11) is 0. The lowest BCUT2D eigenvalue weighted by Gasteiger charge is -2.20. The summed E-state index contributed by atoms with van der Waals surface area (Å²) in [5, 5.41) is 4.37. The molecular weight excluding hydrogens is 492 g/mol. The van der Waals surface area contributed by atoms with Gasteiger partial charge in [0.1, 0.15) is 11.5 Å². The van der Waals surface area contributed by atoms with E-state index in [1.54, 1.807) is 16.8 Å². The molecule has 0 radical (unpaired) electrons. The second-order valence-corrected chi connectivity index (χ2v) is 10.3. The number of nitrogens with two attached hydrogens (primary N) is 1. The molecule has 0 spiro atoms. The molecule has 2 N–H and O–H groups in total. The fraction of sp³-hybridized carbons (Fsp3) is 0.467. The highest BCUT2D eigenvalue weighted by molar-refractivity contribution is 6.06. The number of hydrogen-bond donors (Lipinski definition) is 1. The molecule has 0 saturated heterocycles. The minimum atomic E-state index is -0.513. The Balaban J connectivity index is 1.48. The van der Waals surface area contributed by atoms with Crippen molar-refractivity contribution in [3.05, 3.63) is 58.7 Å². The number of carbonyl (C=O) groups is 3. The molecule has 3 heterocycles. The van der Waals surface area contributed by atoms with Gasteiger partial charge in [0.2, 0.25) is 5.91 Å². The van der Waals surface area contributed by atoms with Crippen molar-refractivity contribution in [2.24, 2.45) is 16.6 Å². The summed E-state index contributed by atoms with van der Waals surface area (Å²) >= 11 is 0. The molecule has 9 nitrogen and oxygen atoms in total. The zero-order chi connectivity index (χ0) is 28.1. The first-order valence-corrected chi connectivity index (χ1v) is 13.8. The number of ketones is 2. The first-order chi connectivity index (χ1) is 18.7. The highest BCUT2D eigenvalue weighted by Gasteiger charge is 2.24. The third-order valence-corrected chi connectivity index (χ3v) is 7.38. The Labute approximate surface area is 229 Å². The molecule has 39 heavy (non-hydrogen) atoms. The number of hydrogen-bond acceptors (Lipinski definition) is 6. The van der Waals surface area contributed by atoms with E-state index >= 15 is 0 Å². The van der Waals surface area contributed by atoms with Crippen molar-refractivity contribution in [1.82, 2.24) is 19.3 Å². The molecule has 1 aromatic carbocycles. The number of nitrogens with zero attached hydrogens (tertiary/aromatic N) is 5. The van der Waals surface area contributed by atoms with Crippen LogP contribution < -0.4 is 5.73 Å². The Morgan fingerprint density at radius 1 is 1.05 bits per heavy atom. The maximum Gasteiger partial charge on any atom is 0.248 e. The molecule has 1 amide bonds. The quantitative estimate of drug-likeness (QED) is 0.254. The molecule has 1 unspecified atom stereocenters. The SMILES string of the molecule is CCC1CN=C(C)C=C1C(=O)Cc1nc2cc(C(N)=O)ccc2n1CCCCCC(=O)c1cc(C)nn1CC. The van der Waals surface area contributed by atoms with Crippen molar-refractivity contribution in [1.29, 1.82) is 0 Å². The van der Waals surface area contributed by atoms with Gasteiger partial charge in [-0.3, -0.25) is 24.1 Å². The number of amides is 1. The molecule has 2 aromatic heterocycles. The Morgan fingerprint density at radius 2 is 1.85 bits per heavy atom. The fourth-order valence-electron chi connectivity index (χ4n) is 5.23. The smallest absolute Gasteiger partial charge is 0.248 e. The van der Waals surface area contributed by atoms with Crippen LogP contribution in [0.25, 0.3) is 11.0 Å². The lowest BCUT2D eigenvalue weighted by molar-refractivity contribution is -0.115. The minimum absolute atomic E-state index is 0.0520. The number of carbonyl (C=O) groups excluding carboxylic acids is 3. The third-order valence-electron chi connectivity index (χ3n) is 7.38. The number of dihydropyridines is 1. The minimum Gasteiger partial charge on any atom is -0.366 e. The summed E-state index contributed by atoms with van der Waals surface area (Å²) in [5.41, 5.74) is 10.6. The maximum atomic E-state index is 13.4. The van der Waals surface area contributed by atoms with E-state index in [4.69, 9.17) is 10.7 Å². The van der Waals surface area contributed by atoms with E-state index in [-0.39, 0.29) is 23.9 Å². The van der Waals surface area contributed by atoms with Gasteiger partial charge in [-0.1, -0.05) is 13.3 Å². The van der Waals surface area contributed by atoms with E-state index in [2.05, 4.69) is 21.6 Å². The lowest BCUT2D eigenvalue weighted by atomic mass is 9.88. The van der Waals surface area contributed by atoms with Gasteiger partial charge in [0, 0.05) is 48.8 Å². The van der Waals surface area contributed by atoms with Gasteiger partial charge < -0.3 is 10.3 Å². The molecule has 1 atom stereocenters. The second-order valence-electron chi connectivity index (χ2n) is 10.3. The Morgan fingerprint density at radius 3 is 2.56 bits per heavy atom. The van der Waals surface area contributed by atoms with Crippen molar-refractivity contribution in [3.8, 4) is 0 Å². The van der Waals surface area contributed by atoms with Crippen LogP contribution in [0, 0.1) is 12.8 Å². The summed E-state index contributed by atoms with van der Waals surface area (Å²) in [5.74, 6) is 0.440. The zero-order valence-corrected chi connectivity index (χ0v) is 23.4. The fourth-order valence-corrected chi connectivity index (χ4v) is 5.23. The molecular formula is C30H38N6O3. The van der Waals surface area contributed by atoms with Gasteiger partial charge >= 0.3 is 0 Å². The molecule has 1 aliphatic heterocycles. The van der Waals surface area contributed by atoms with Crippen LogP contribution in [0.5, 0.6) is 0 Å². The van der Waals surface area contributed by atoms with E-state index in [0.717, 1.165) is 48.2 Å². The monoisotopic (exact) mass is 530 g/mol. The van der Waals surface area contributed by atoms with E-state index in [0.29, 0.717) is 48.7 Å². The number of benzene rings is 1. The highest BCUT2D eigenvalue weighted by atomic mass is 16.1. The van der Waals surface area contributed by atoms with Crippen LogP contribution in [0.15, 0.2) is 40.9 Å². The van der Waals surface area contributed by atoms with Gasteiger partial charge in [0.15, 0.2) is 11.6 Å². The number of Topliss-reactive ketones (excluding diaryl/α,β-unsaturated/α-hetero) is 2. The van der Waals surface area contributed by atoms with Gasteiger partial charge in [-0.05, 0) is 70.4 Å². The number of aliphatic imine (C=N–C) groups is 1. The van der Waals surface area contributed by atoms with Gasteiger partial charge in [0.25, 0.3) is 0 Å². The van der Waals surface area contributed by atoms with Crippen LogP contribution in [0.1, 0.15) is 85.2 Å². The number of aryl methyl sites for hydroxylation is 3. The van der Waals surface area contributed by atoms with Crippen LogP contribution in [0.2, 0.25) is 0 Å². The average Bonchev–Trinajstić information content (AvgIpc) is 3.47. The first kappa shape index (κ1) is 28.1. The number of primary amides is 1. The summed E-state index contributed by atoms with van der Waals surface area (Å²) < 4.78 is 3.83. The molecule has 1 aliphatic rings. The number of unbranched alkanes of at least 4 members (excludes halogenated alkanes) is 2. The molecule has 4 rings (SSSR count). The summed E-state index contributed by atoms with van der Waals surface area (Å²) in [4.78, 5) is 47.2. The van der Waals surface area contributed by atoms with Gasteiger partial charge in [-0.2, -0.15) is 5.10 Å². The number of fused-ring (bicyclic) bond motifs is 1. The first-order valence-electron chi connectivity index (χ1n) is 13.8. The van der Waals surface area contributed by atoms with E-state index in [1.165, 1.54) is 0 Å². The van der Waals surface area contributed by atoms with Crippen LogP contribution in [0.3, 0.4) is 0 Å². The molecule has 3 aromatic rings. The summed E-state index contributed by atoms with van der Waals surface area (Å²) in [6.45, 7) is 9.84. The predicted molar refractivity (Wildman–Crippen MR) is 152 cm³/mol. The number of allylic oxidation sites excluding steroid dienone is 1. The normalized spacial score (nSPS) is 15.3. The van der Waals surface area contributed by atoms with Crippen molar-refractivity contribution in [3.63, 3.8) is 0 Å². The maximum absolute atomic E-state index is 13.4. The molecule has 0 saturated carbocycles. The number of imidazole rings is 1. The zero-order valence-electron chi connectivity index (χ0n) is 23.4. The summed E-state index contributed by atoms with van der Waals surface area (Å²) in [6, 6.07) is 7.08. The largest absolute Gasteiger partial charge is 0.366 e. The standard InChI is InChI=1S/C30H38N6O3/c1-5-21-18-32-19(3)14-23(21)28(38)17-29-33-24-16-22(30(31)39)11-12-25(24)35(29)13-9-7-8-10-27(37)26-15-20(4)34-36(26)6-2/h11-12,14-16,21H,5-10,13,17-18H2,1-4H3,(H2,31,39). The van der Waals surface area contributed by atoms with Crippen molar-refractivity contribution in [2.75, 3.05) is 6.54 Å². The van der Waals surface area contributed by atoms with Crippen LogP contribution in [-0.4, -0.2) is 49.1 Å².